The number of ether oxygens (including phenoxy) is 1. The van der Waals surface area contributed by atoms with Crippen molar-refractivity contribution < 1.29 is 14.6 Å². The van der Waals surface area contributed by atoms with E-state index in [4.69, 9.17) is 27.9 Å². The van der Waals surface area contributed by atoms with E-state index >= 15 is 0 Å². The SMILES string of the molecule is CCOc1c(Cl)cc(/C=N\NC(=O)C(O)(c2ccccc2)c2ccccc2)cc1Cl. The maximum Gasteiger partial charge on any atom is 0.281 e. The highest BCUT2D eigenvalue weighted by molar-refractivity contribution is 6.37. The predicted octanol–water partition coefficient (Wildman–Crippen LogP) is 4.78. The smallest absolute Gasteiger partial charge is 0.281 e. The molecule has 5 nitrogen and oxygen atoms in total. The van der Waals surface area contributed by atoms with Crippen molar-refractivity contribution >= 4 is 35.3 Å². The summed E-state index contributed by atoms with van der Waals surface area (Å²) in [6, 6.07) is 20.6. The molecule has 0 radical (unpaired) electrons. The van der Waals surface area contributed by atoms with Crippen LogP contribution in [0.2, 0.25) is 10.0 Å². The van der Waals surface area contributed by atoms with Crippen LogP contribution < -0.4 is 10.2 Å². The van der Waals surface area contributed by atoms with Crippen LogP contribution >= 0.6 is 23.2 Å². The number of amides is 1. The van der Waals surface area contributed by atoms with Gasteiger partial charge in [0.1, 0.15) is 0 Å². The van der Waals surface area contributed by atoms with Crippen LogP contribution in [0.5, 0.6) is 5.75 Å². The van der Waals surface area contributed by atoms with Gasteiger partial charge in [-0.05, 0) is 35.7 Å². The maximum atomic E-state index is 13.0. The number of nitrogens with zero attached hydrogens (tertiary/aromatic N) is 1. The fourth-order valence-electron chi connectivity index (χ4n) is 2.97. The third kappa shape index (κ3) is 4.65. The van der Waals surface area contributed by atoms with Crippen molar-refractivity contribution in [1.82, 2.24) is 5.43 Å². The fourth-order valence-corrected chi connectivity index (χ4v) is 3.58. The number of aliphatic hydroxyl groups is 1. The van der Waals surface area contributed by atoms with Crippen LogP contribution in [0.4, 0.5) is 0 Å². The lowest BCUT2D eigenvalue weighted by Crippen LogP contribution is -2.43. The monoisotopic (exact) mass is 442 g/mol. The molecule has 154 valence electrons. The molecule has 2 N–H and O–H groups in total. The molecule has 0 saturated heterocycles. The Kier molecular flexibility index (Phi) is 7.11. The Labute approximate surface area is 184 Å². The third-order valence-electron chi connectivity index (χ3n) is 4.40. The molecule has 0 aliphatic rings. The summed E-state index contributed by atoms with van der Waals surface area (Å²) in [5.41, 5.74) is 1.92. The van der Waals surface area contributed by atoms with Gasteiger partial charge in [0, 0.05) is 0 Å². The van der Waals surface area contributed by atoms with Crippen LogP contribution in [0, 0.1) is 0 Å². The number of hydrogen-bond acceptors (Lipinski definition) is 4. The van der Waals surface area contributed by atoms with E-state index in [-0.39, 0.29) is 0 Å². The zero-order valence-electron chi connectivity index (χ0n) is 16.2. The number of rotatable bonds is 7. The molecule has 3 aromatic carbocycles. The summed E-state index contributed by atoms with van der Waals surface area (Å²) >= 11 is 12.4. The molecule has 30 heavy (non-hydrogen) atoms. The van der Waals surface area contributed by atoms with Crippen molar-refractivity contribution in [2.75, 3.05) is 6.61 Å². The molecular weight excluding hydrogens is 423 g/mol. The third-order valence-corrected chi connectivity index (χ3v) is 4.96. The number of halogens is 2. The first-order chi connectivity index (χ1) is 14.5. The maximum absolute atomic E-state index is 13.0. The second-order valence-corrected chi connectivity index (χ2v) is 7.20. The molecule has 0 atom stereocenters. The Morgan fingerprint density at radius 2 is 1.53 bits per heavy atom. The molecule has 0 heterocycles. The predicted molar refractivity (Wildman–Crippen MR) is 119 cm³/mol. The van der Waals surface area contributed by atoms with Gasteiger partial charge in [-0.1, -0.05) is 83.9 Å². The largest absolute Gasteiger partial charge is 0.491 e. The Hall–Kier alpha value is -2.86. The normalized spacial score (nSPS) is 11.5. The zero-order valence-corrected chi connectivity index (χ0v) is 17.7. The Balaban J connectivity index is 1.86. The standard InChI is InChI=1S/C23H20Cl2N2O3/c1-2-30-21-19(24)13-16(14-20(21)25)15-26-27-22(28)23(29,17-9-5-3-6-10-17)18-11-7-4-8-12-18/h3-15,29H,2H2,1H3,(H,27,28)/b26-15-. The van der Waals surface area contributed by atoms with E-state index < -0.39 is 11.5 Å². The summed E-state index contributed by atoms with van der Waals surface area (Å²) in [6.45, 7) is 2.26. The number of hydrogen-bond donors (Lipinski definition) is 2. The molecule has 3 aromatic rings. The van der Waals surface area contributed by atoms with Gasteiger partial charge in [0.25, 0.3) is 5.91 Å². The zero-order chi connectivity index (χ0) is 21.6. The van der Waals surface area contributed by atoms with E-state index in [1.807, 2.05) is 19.1 Å². The van der Waals surface area contributed by atoms with Crippen molar-refractivity contribution in [1.29, 1.82) is 0 Å². The molecule has 0 aliphatic heterocycles. The molecule has 0 bridgehead atoms. The summed E-state index contributed by atoms with van der Waals surface area (Å²) in [6.07, 6.45) is 1.39. The fraction of sp³-hybridized carbons (Fsp3) is 0.130. The first kappa shape index (κ1) is 21.8. The van der Waals surface area contributed by atoms with Crippen LogP contribution in [-0.2, 0) is 10.4 Å². The lowest BCUT2D eigenvalue weighted by Gasteiger charge is -2.27. The molecule has 0 aromatic heterocycles. The number of benzene rings is 3. The minimum Gasteiger partial charge on any atom is -0.491 e. The minimum absolute atomic E-state index is 0.335. The van der Waals surface area contributed by atoms with E-state index in [1.54, 1.807) is 60.7 Å². The summed E-state index contributed by atoms with van der Waals surface area (Å²) in [7, 11) is 0. The molecule has 0 spiro atoms. The number of carbonyl (C=O) groups is 1. The number of carbonyl (C=O) groups excluding carboxylic acids is 1. The number of nitrogens with one attached hydrogen (secondary N) is 1. The average Bonchev–Trinajstić information content (AvgIpc) is 2.77. The topological polar surface area (TPSA) is 70.9 Å². The first-order valence-corrected chi connectivity index (χ1v) is 10.0. The molecule has 0 unspecified atom stereocenters. The van der Waals surface area contributed by atoms with Gasteiger partial charge in [-0.3, -0.25) is 4.79 Å². The van der Waals surface area contributed by atoms with Gasteiger partial charge in [-0.25, -0.2) is 5.43 Å². The summed E-state index contributed by atoms with van der Waals surface area (Å²) in [4.78, 5) is 13.0. The van der Waals surface area contributed by atoms with Crippen LogP contribution in [0.1, 0.15) is 23.6 Å². The van der Waals surface area contributed by atoms with E-state index in [0.717, 1.165) is 0 Å². The highest BCUT2D eigenvalue weighted by Gasteiger charge is 2.39. The molecule has 3 rings (SSSR count). The average molecular weight is 443 g/mol. The van der Waals surface area contributed by atoms with Crippen LogP contribution in [0.25, 0.3) is 0 Å². The van der Waals surface area contributed by atoms with E-state index in [0.29, 0.717) is 39.1 Å². The molecule has 0 aliphatic carbocycles. The first-order valence-electron chi connectivity index (χ1n) is 9.25. The minimum atomic E-state index is -1.91. The second kappa shape index (κ2) is 9.76. The Morgan fingerprint density at radius 1 is 1.03 bits per heavy atom. The van der Waals surface area contributed by atoms with Gasteiger partial charge in [-0.2, -0.15) is 5.10 Å². The van der Waals surface area contributed by atoms with Crippen molar-refractivity contribution in [2.45, 2.75) is 12.5 Å². The molecular formula is C23H20Cl2N2O3. The molecule has 7 heteroatoms. The molecule has 0 saturated carbocycles. The van der Waals surface area contributed by atoms with Gasteiger partial charge in [0.2, 0.25) is 0 Å². The summed E-state index contributed by atoms with van der Waals surface area (Å²) < 4.78 is 5.40. The van der Waals surface area contributed by atoms with Gasteiger partial charge >= 0.3 is 0 Å². The van der Waals surface area contributed by atoms with Crippen LogP contribution in [-0.4, -0.2) is 23.8 Å². The summed E-state index contributed by atoms with van der Waals surface area (Å²) in [5.74, 6) is -0.302. The van der Waals surface area contributed by atoms with E-state index in [9.17, 15) is 9.90 Å². The second-order valence-electron chi connectivity index (χ2n) is 6.39. The van der Waals surface area contributed by atoms with Crippen molar-refractivity contribution in [3.05, 3.63) is 99.5 Å². The Bertz CT molecular complexity index is 978. The van der Waals surface area contributed by atoms with Crippen LogP contribution in [0.15, 0.2) is 77.9 Å². The summed E-state index contributed by atoms with van der Waals surface area (Å²) in [5, 5.41) is 16.0. The quantitative estimate of drug-likeness (QED) is 0.408. The van der Waals surface area contributed by atoms with E-state index in [2.05, 4.69) is 10.5 Å². The van der Waals surface area contributed by atoms with Crippen LogP contribution in [0.3, 0.4) is 0 Å². The van der Waals surface area contributed by atoms with Crippen molar-refractivity contribution in [2.24, 2.45) is 5.10 Å². The molecule has 0 fully saturated rings. The van der Waals surface area contributed by atoms with Crippen molar-refractivity contribution in [3.63, 3.8) is 0 Å². The van der Waals surface area contributed by atoms with Crippen molar-refractivity contribution in [3.8, 4) is 5.75 Å². The lowest BCUT2D eigenvalue weighted by molar-refractivity contribution is -0.136. The van der Waals surface area contributed by atoms with E-state index in [1.165, 1.54) is 6.21 Å². The Morgan fingerprint density at radius 3 is 2.00 bits per heavy atom. The highest BCUT2D eigenvalue weighted by Crippen LogP contribution is 2.34. The van der Waals surface area contributed by atoms with Gasteiger partial charge in [0.05, 0.1) is 22.9 Å². The van der Waals surface area contributed by atoms with Gasteiger partial charge in [-0.15, -0.1) is 0 Å². The number of hydrazone groups is 1. The van der Waals surface area contributed by atoms with Gasteiger partial charge in [0.15, 0.2) is 11.4 Å². The van der Waals surface area contributed by atoms with Gasteiger partial charge < -0.3 is 9.84 Å². The highest BCUT2D eigenvalue weighted by atomic mass is 35.5. The lowest BCUT2D eigenvalue weighted by atomic mass is 9.85. The molecule has 1 amide bonds.